The molecule has 0 radical (unpaired) electrons. The fraction of sp³-hybridized carbons (Fsp3) is 0.588. The molecule has 0 aliphatic carbocycles. The molecule has 22 heavy (non-hydrogen) atoms. The Morgan fingerprint density at radius 1 is 1.32 bits per heavy atom. The van der Waals surface area contributed by atoms with E-state index >= 15 is 0 Å². The van der Waals surface area contributed by atoms with Gasteiger partial charge in [-0.25, -0.2) is 0 Å². The van der Waals surface area contributed by atoms with Gasteiger partial charge in [-0.2, -0.15) is 0 Å². The summed E-state index contributed by atoms with van der Waals surface area (Å²) in [6, 6.07) is 9.06. The molecule has 1 aliphatic rings. The van der Waals surface area contributed by atoms with Gasteiger partial charge in [0.15, 0.2) is 5.96 Å². The summed E-state index contributed by atoms with van der Waals surface area (Å²) in [7, 11) is 4.19. The number of hydrogen-bond acceptors (Lipinski definition) is 5. The molecule has 0 fully saturated rings. The van der Waals surface area contributed by atoms with Crippen molar-refractivity contribution in [2.45, 2.75) is 39.0 Å². The number of aliphatic imine (C=N–C) groups is 1. The van der Waals surface area contributed by atoms with E-state index in [1.807, 2.05) is 26.0 Å². The highest BCUT2D eigenvalue weighted by molar-refractivity contribution is 5.81. The largest absolute Gasteiger partial charge is 0.491 e. The van der Waals surface area contributed by atoms with Gasteiger partial charge in [0, 0.05) is 12.6 Å². The summed E-state index contributed by atoms with van der Waals surface area (Å²) >= 11 is 0. The van der Waals surface area contributed by atoms with Gasteiger partial charge < -0.3 is 20.3 Å². The molecular formula is C17H28N4O. The molecule has 0 saturated carbocycles. The van der Waals surface area contributed by atoms with E-state index in [4.69, 9.17) is 4.74 Å². The van der Waals surface area contributed by atoms with Crippen LogP contribution >= 0.6 is 0 Å². The molecule has 0 aromatic heterocycles. The molecule has 2 rings (SSSR count). The maximum absolute atomic E-state index is 5.70. The fourth-order valence-corrected chi connectivity index (χ4v) is 2.49. The van der Waals surface area contributed by atoms with Crippen LogP contribution in [-0.4, -0.2) is 50.2 Å². The van der Waals surface area contributed by atoms with Gasteiger partial charge in [-0.15, -0.1) is 0 Å². The number of likely N-dealkylation sites (N-methyl/N-ethyl adjacent to an activating group) is 1. The number of nitrogens with zero attached hydrogens (tertiary/aromatic N) is 2. The molecule has 0 amide bonds. The summed E-state index contributed by atoms with van der Waals surface area (Å²) in [6.45, 7) is 7.87. The molecule has 2 atom stereocenters. The summed E-state index contributed by atoms with van der Waals surface area (Å²) in [4.78, 5) is 6.66. The second-order valence-corrected chi connectivity index (χ2v) is 6.33. The summed E-state index contributed by atoms with van der Waals surface area (Å²) < 4.78 is 5.70. The van der Waals surface area contributed by atoms with Gasteiger partial charge in [0.05, 0.1) is 18.7 Å². The fourth-order valence-electron chi connectivity index (χ4n) is 2.49. The van der Waals surface area contributed by atoms with Crippen molar-refractivity contribution in [2.75, 3.05) is 27.2 Å². The molecule has 1 aliphatic heterocycles. The predicted octanol–water partition coefficient (Wildman–Crippen LogP) is 2.01. The van der Waals surface area contributed by atoms with E-state index in [0.29, 0.717) is 6.04 Å². The molecular weight excluding hydrogens is 276 g/mol. The van der Waals surface area contributed by atoms with E-state index in [-0.39, 0.29) is 12.1 Å². The first-order valence-corrected chi connectivity index (χ1v) is 7.93. The van der Waals surface area contributed by atoms with E-state index in [2.05, 4.69) is 53.7 Å². The van der Waals surface area contributed by atoms with Crippen LogP contribution < -0.4 is 15.4 Å². The van der Waals surface area contributed by atoms with Crippen LogP contribution in [-0.2, 0) is 0 Å². The third-order valence-electron chi connectivity index (χ3n) is 3.63. The Balaban J connectivity index is 1.98. The maximum atomic E-state index is 5.70. The summed E-state index contributed by atoms with van der Waals surface area (Å²) in [5.41, 5.74) is 1.26. The number of ether oxygens (including phenoxy) is 1. The standard InChI is InChI=1S/C17H28N4O/c1-12(2)22-15-8-6-14(7-9-15)16(21(4)5)11-19-17-18-10-13(3)20-17/h6-9,12-13,16H,10-11H2,1-5H3,(H2,18,19,20). The topological polar surface area (TPSA) is 48.9 Å². The zero-order valence-corrected chi connectivity index (χ0v) is 14.3. The Labute approximate surface area is 133 Å². The Morgan fingerprint density at radius 2 is 2.00 bits per heavy atom. The first-order chi connectivity index (χ1) is 10.5. The van der Waals surface area contributed by atoms with Gasteiger partial charge >= 0.3 is 0 Å². The first-order valence-electron chi connectivity index (χ1n) is 7.93. The van der Waals surface area contributed by atoms with E-state index < -0.39 is 0 Å². The molecule has 2 N–H and O–H groups in total. The van der Waals surface area contributed by atoms with Crippen LogP contribution in [0, 0.1) is 0 Å². The molecule has 1 aromatic rings. The molecule has 0 spiro atoms. The van der Waals surface area contributed by atoms with Crippen molar-refractivity contribution in [2.24, 2.45) is 4.99 Å². The first kappa shape index (κ1) is 16.6. The monoisotopic (exact) mass is 304 g/mol. The molecule has 0 saturated heterocycles. The van der Waals surface area contributed by atoms with Crippen molar-refractivity contribution >= 4 is 5.96 Å². The third-order valence-corrected chi connectivity index (χ3v) is 3.63. The highest BCUT2D eigenvalue weighted by Crippen LogP contribution is 2.21. The number of rotatable bonds is 6. The second kappa shape index (κ2) is 7.49. The van der Waals surface area contributed by atoms with Crippen LogP contribution in [0.3, 0.4) is 0 Å². The highest BCUT2D eigenvalue weighted by Gasteiger charge is 2.17. The summed E-state index contributed by atoms with van der Waals surface area (Å²) in [5.74, 6) is 1.82. The average molecular weight is 304 g/mol. The molecule has 2 unspecified atom stereocenters. The van der Waals surface area contributed by atoms with Crippen molar-refractivity contribution in [1.82, 2.24) is 15.5 Å². The molecule has 5 heteroatoms. The second-order valence-electron chi connectivity index (χ2n) is 6.33. The lowest BCUT2D eigenvalue weighted by Crippen LogP contribution is -2.41. The van der Waals surface area contributed by atoms with Crippen molar-refractivity contribution in [3.63, 3.8) is 0 Å². The maximum Gasteiger partial charge on any atom is 0.191 e. The quantitative estimate of drug-likeness (QED) is 0.844. The zero-order chi connectivity index (χ0) is 16.1. The van der Waals surface area contributed by atoms with Crippen molar-refractivity contribution in [3.05, 3.63) is 29.8 Å². The number of nitrogens with one attached hydrogen (secondary N) is 2. The van der Waals surface area contributed by atoms with E-state index in [9.17, 15) is 0 Å². The minimum Gasteiger partial charge on any atom is -0.491 e. The minimum absolute atomic E-state index is 0.200. The lowest BCUT2D eigenvalue weighted by atomic mass is 10.1. The minimum atomic E-state index is 0.200. The molecule has 122 valence electrons. The van der Waals surface area contributed by atoms with Gasteiger partial charge in [0.1, 0.15) is 5.75 Å². The lowest BCUT2D eigenvalue weighted by molar-refractivity contribution is 0.242. The third kappa shape index (κ3) is 4.63. The van der Waals surface area contributed by atoms with Crippen LogP contribution in [0.2, 0.25) is 0 Å². The normalized spacial score (nSPS) is 19.0. The van der Waals surface area contributed by atoms with Gasteiger partial charge in [-0.3, -0.25) is 4.99 Å². The Bertz CT molecular complexity index is 496. The molecule has 1 heterocycles. The smallest absolute Gasteiger partial charge is 0.191 e. The van der Waals surface area contributed by atoms with Crippen LogP contribution in [0.15, 0.2) is 29.3 Å². The van der Waals surface area contributed by atoms with E-state index in [1.54, 1.807) is 0 Å². The average Bonchev–Trinajstić information content (AvgIpc) is 2.85. The summed E-state index contributed by atoms with van der Waals surface area (Å²) in [6.07, 6.45) is 0.200. The van der Waals surface area contributed by atoms with Gasteiger partial charge in [-0.1, -0.05) is 12.1 Å². The van der Waals surface area contributed by atoms with Gasteiger partial charge in [-0.05, 0) is 52.6 Å². The predicted molar refractivity (Wildman–Crippen MR) is 91.5 cm³/mol. The van der Waals surface area contributed by atoms with Crippen molar-refractivity contribution in [3.8, 4) is 5.75 Å². The van der Waals surface area contributed by atoms with Crippen LogP contribution in [0.25, 0.3) is 0 Å². The zero-order valence-electron chi connectivity index (χ0n) is 14.3. The number of hydrogen-bond donors (Lipinski definition) is 2. The van der Waals surface area contributed by atoms with E-state index in [0.717, 1.165) is 24.8 Å². The molecule has 5 nitrogen and oxygen atoms in total. The highest BCUT2D eigenvalue weighted by atomic mass is 16.5. The Morgan fingerprint density at radius 3 is 2.50 bits per heavy atom. The van der Waals surface area contributed by atoms with Crippen LogP contribution in [0.4, 0.5) is 0 Å². The Kier molecular flexibility index (Phi) is 5.66. The number of benzene rings is 1. The molecule has 1 aromatic carbocycles. The van der Waals surface area contributed by atoms with Crippen molar-refractivity contribution in [1.29, 1.82) is 0 Å². The SMILES string of the molecule is CC1CN=C(NCC(c2ccc(OC(C)C)cc2)N(C)C)N1. The Hall–Kier alpha value is -1.75. The van der Waals surface area contributed by atoms with Gasteiger partial charge in [0.25, 0.3) is 0 Å². The van der Waals surface area contributed by atoms with Crippen molar-refractivity contribution < 1.29 is 4.74 Å². The van der Waals surface area contributed by atoms with Crippen LogP contribution in [0.1, 0.15) is 32.4 Å². The lowest BCUT2D eigenvalue weighted by Gasteiger charge is -2.26. The molecule has 0 bridgehead atoms. The number of guanidine groups is 1. The van der Waals surface area contributed by atoms with E-state index in [1.165, 1.54) is 5.56 Å². The van der Waals surface area contributed by atoms with Crippen LogP contribution in [0.5, 0.6) is 5.75 Å². The summed E-state index contributed by atoms with van der Waals surface area (Å²) in [5, 5.41) is 6.74. The van der Waals surface area contributed by atoms with Gasteiger partial charge in [0.2, 0.25) is 0 Å².